The molecule has 1 unspecified atom stereocenters. The van der Waals surface area contributed by atoms with E-state index in [0.717, 1.165) is 28.0 Å². The number of carbonyl (C=O) groups is 1. The van der Waals surface area contributed by atoms with Gasteiger partial charge in [0.2, 0.25) is 5.91 Å². The largest absolute Gasteiger partial charge is 0.497 e. The Morgan fingerprint density at radius 1 is 1.16 bits per heavy atom. The monoisotopic (exact) mass is 405 g/mol. The maximum Gasteiger partial charge on any atom is 0.220 e. The van der Waals surface area contributed by atoms with Crippen LogP contribution in [0.25, 0.3) is 0 Å². The maximum atomic E-state index is 12.2. The van der Waals surface area contributed by atoms with Crippen LogP contribution in [0.15, 0.2) is 53.0 Å². The molecule has 25 heavy (non-hydrogen) atoms. The Kier molecular flexibility index (Phi) is 7.79. The van der Waals surface area contributed by atoms with Crippen LogP contribution < -0.4 is 14.8 Å². The molecule has 0 aromatic heterocycles. The standard InChI is InChI=1S/C20H24BrNO3/c1-3-18(15-10-12-16(24-2)13-11-15)22-20(23)9-6-14-25-19-8-5-4-7-17(19)21/h4-5,7-8,10-13,18H,3,6,9,14H2,1-2H3,(H,22,23). The summed E-state index contributed by atoms with van der Waals surface area (Å²) in [5, 5.41) is 3.09. The van der Waals surface area contributed by atoms with E-state index in [2.05, 4.69) is 28.2 Å². The number of benzene rings is 2. The first-order valence-electron chi connectivity index (χ1n) is 8.44. The molecule has 2 aromatic carbocycles. The summed E-state index contributed by atoms with van der Waals surface area (Å²) in [6.45, 7) is 2.57. The van der Waals surface area contributed by atoms with Crippen LogP contribution >= 0.6 is 15.9 Å². The predicted octanol–water partition coefficient (Wildman–Crippen LogP) is 4.88. The van der Waals surface area contributed by atoms with Gasteiger partial charge in [0, 0.05) is 6.42 Å². The van der Waals surface area contributed by atoms with Crippen LogP contribution in [0.1, 0.15) is 37.8 Å². The quantitative estimate of drug-likeness (QED) is 0.604. The molecule has 2 aromatic rings. The van der Waals surface area contributed by atoms with E-state index in [-0.39, 0.29) is 11.9 Å². The third-order valence-corrected chi connectivity index (χ3v) is 4.56. The Hall–Kier alpha value is -2.01. The van der Waals surface area contributed by atoms with Crippen molar-refractivity contribution in [2.75, 3.05) is 13.7 Å². The summed E-state index contributed by atoms with van der Waals surface area (Å²) >= 11 is 3.44. The van der Waals surface area contributed by atoms with Crippen molar-refractivity contribution >= 4 is 21.8 Å². The van der Waals surface area contributed by atoms with Gasteiger partial charge < -0.3 is 14.8 Å². The molecule has 0 aliphatic carbocycles. The second-order valence-corrected chi connectivity index (χ2v) is 6.54. The van der Waals surface area contributed by atoms with Gasteiger partial charge in [-0.25, -0.2) is 0 Å². The maximum absolute atomic E-state index is 12.2. The Balaban J connectivity index is 1.77. The van der Waals surface area contributed by atoms with E-state index in [4.69, 9.17) is 9.47 Å². The lowest BCUT2D eigenvalue weighted by atomic mass is 10.0. The molecular weight excluding hydrogens is 382 g/mol. The van der Waals surface area contributed by atoms with E-state index >= 15 is 0 Å². The zero-order valence-corrected chi connectivity index (χ0v) is 16.2. The summed E-state index contributed by atoms with van der Waals surface area (Å²) in [5.41, 5.74) is 1.08. The highest BCUT2D eigenvalue weighted by Crippen LogP contribution is 2.24. The summed E-state index contributed by atoms with van der Waals surface area (Å²) in [4.78, 5) is 12.2. The van der Waals surface area contributed by atoms with E-state index in [1.54, 1.807) is 7.11 Å². The molecule has 0 aliphatic rings. The lowest BCUT2D eigenvalue weighted by molar-refractivity contribution is -0.122. The number of rotatable bonds is 9. The number of nitrogens with one attached hydrogen (secondary N) is 1. The summed E-state index contributed by atoms with van der Waals surface area (Å²) in [7, 11) is 1.64. The molecule has 5 heteroatoms. The van der Waals surface area contributed by atoms with Crippen LogP contribution in [0, 0.1) is 0 Å². The van der Waals surface area contributed by atoms with Crippen molar-refractivity contribution in [3.8, 4) is 11.5 Å². The number of carbonyl (C=O) groups excluding carboxylic acids is 1. The highest BCUT2D eigenvalue weighted by molar-refractivity contribution is 9.10. The first-order chi connectivity index (χ1) is 12.1. The van der Waals surface area contributed by atoms with Gasteiger partial charge in [-0.1, -0.05) is 31.2 Å². The number of ether oxygens (including phenoxy) is 2. The number of halogens is 1. The van der Waals surface area contributed by atoms with Crippen molar-refractivity contribution in [1.82, 2.24) is 5.32 Å². The third-order valence-electron chi connectivity index (χ3n) is 3.90. The number of para-hydroxylation sites is 1. The molecule has 134 valence electrons. The Morgan fingerprint density at radius 3 is 2.52 bits per heavy atom. The number of amides is 1. The van der Waals surface area contributed by atoms with Crippen molar-refractivity contribution in [1.29, 1.82) is 0 Å². The molecule has 0 aliphatic heterocycles. The molecule has 0 saturated heterocycles. The molecule has 0 spiro atoms. The fourth-order valence-corrected chi connectivity index (χ4v) is 2.90. The molecule has 0 saturated carbocycles. The minimum atomic E-state index is 0.0163. The summed E-state index contributed by atoms with van der Waals surface area (Å²) < 4.78 is 11.8. The van der Waals surface area contributed by atoms with Gasteiger partial charge in [-0.05, 0) is 58.6 Å². The van der Waals surface area contributed by atoms with Crippen molar-refractivity contribution < 1.29 is 14.3 Å². The van der Waals surface area contributed by atoms with Crippen molar-refractivity contribution in [3.63, 3.8) is 0 Å². The molecule has 2 rings (SSSR count). The van der Waals surface area contributed by atoms with Gasteiger partial charge in [-0.3, -0.25) is 4.79 Å². The van der Waals surface area contributed by atoms with Crippen LogP contribution in [-0.4, -0.2) is 19.6 Å². The summed E-state index contributed by atoms with van der Waals surface area (Å²) in [5.74, 6) is 1.65. The van der Waals surface area contributed by atoms with Gasteiger partial charge in [0.15, 0.2) is 0 Å². The predicted molar refractivity (Wildman–Crippen MR) is 103 cm³/mol. The molecule has 1 amide bonds. The minimum absolute atomic E-state index is 0.0163. The molecule has 0 bridgehead atoms. The lowest BCUT2D eigenvalue weighted by Crippen LogP contribution is -2.28. The Labute approximate surface area is 157 Å². The SMILES string of the molecule is CCC(NC(=O)CCCOc1ccccc1Br)c1ccc(OC)cc1. The molecule has 1 atom stereocenters. The highest BCUT2D eigenvalue weighted by atomic mass is 79.9. The molecule has 4 nitrogen and oxygen atoms in total. The van der Waals surface area contributed by atoms with Crippen molar-refractivity contribution in [2.24, 2.45) is 0 Å². The van der Waals surface area contributed by atoms with E-state index < -0.39 is 0 Å². The molecule has 0 heterocycles. The zero-order chi connectivity index (χ0) is 18.1. The van der Waals surface area contributed by atoms with Crippen LogP contribution in [0.3, 0.4) is 0 Å². The average Bonchev–Trinajstić information content (AvgIpc) is 2.64. The first kappa shape index (κ1) is 19.3. The van der Waals surface area contributed by atoms with Gasteiger partial charge in [-0.15, -0.1) is 0 Å². The van der Waals surface area contributed by atoms with E-state index in [1.807, 2.05) is 48.5 Å². The van der Waals surface area contributed by atoms with Gasteiger partial charge in [0.1, 0.15) is 11.5 Å². The minimum Gasteiger partial charge on any atom is -0.497 e. The van der Waals surface area contributed by atoms with E-state index in [1.165, 1.54) is 0 Å². The van der Waals surface area contributed by atoms with Gasteiger partial charge in [0.25, 0.3) is 0 Å². The molecule has 1 N–H and O–H groups in total. The Bertz CT molecular complexity index is 673. The number of hydrogen-bond acceptors (Lipinski definition) is 3. The van der Waals surface area contributed by atoms with E-state index in [0.29, 0.717) is 19.4 Å². The van der Waals surface area contributed by atoms with Gasteiger partial charge in [0.05, 0.1) is 24.2 Å². The number of hydrogen-bond donors (Lipinski definition) is 1. The molecule has 0 radical (unpaired) electrons. The average molecular weight is 406 g/mol. The third kappa shape index (κ3) is 6.09. The summed E-state index contributed by atoms with van der Waals surface area (Å²) in [6, 6.07) is 15.5. The fraction of sp³-hybridized carbons (Fsp3) is 0.350. The molecule has 0 fully saturated rings. The number of methoxy groups -OCH3 is 1. The van der Waals surface area contributed by atoms with Crippen molar-refractivity contribution in [2.45, 2.75) is 32.2 Å². The smallest absolute Gasteiger partial charge is 0.220 e. The van der Waals surface area contributed by atoms with Gasteiger partial charge >= 0.3 is 0 Å². The van der Waals surface area contributed by atoms with Crippen LogP contribution in [0.5, 0.6) is 11.5 Å². The van der Waals surface area contributed by atoms with Gasteiger partial charge in [-0.2, -0.15) is 0 Å². The first-order valence-corrected chi connectivity index (χ1v) is 9.24. The highest BCUT2D eigenvalue weighted by Gasteiger charge is 2.12. The van der Waals surface area contributed by atoms with Crippen molar-refractivity contribution in [3.05, 3.63) is 58.6 Å². The lowest BCUT2D eigenvalue weighted by Gasteiger charge is -2.18. The normalized spacial score (nSPS) is 11.6. The summed E-state index contributed by atoms with van der Waals surface area (Å²) in [6.07, 6.45) is 1.95. The Morgan fingerprint density at radius 2 is 1.88 bits per heavy atom. The van der Waals surface area contributed by atoms with Crippen LogP contribution in [-0.2, 0) is 4.79 Å². The second kappa shape index (κ2) is 10.1. The van der Waals surface area contributed by atoms with Crippen LogP contribution in [0.4, 0.5) is 0 Å². The van der Waals surface area contributed by atoms with E-state index in [9.17, 15) is 4.79 Å². The second-order valence-electron chi connectivity index (χ2n) is 5.68. The topological polar surface area (TPSA) is 47.6 Å². The van der Waals surface area contributed by atoms with Crippen LogP contribution in [0.2, 0.25) is 0 Å². The zero-order valence-electron chi connectivity index (χ0n) is 14.6. The molecular formula is C20H24BrNO3. The fourth-order valence-electron chi connectivity index (χ4n) is 2.50.